The Hall–Kier alpha value is -3.00. The molecule has 0 aliphatic carbocycles. The zero-order valence-corrected chi connectivity index (χ0v) is 21.1. The molecule has 0 unspecified atom stereocenters. The van der Waals surface area contributed by atoms with Crippen molar-refractivity contribution >= 4 is 12.0 Å². The molecule has 0 fully saturated rings. The van der Waals surface area contributed by atoms with Gasteiger partial charge in [-0.1, -0.05) is 18.2 Å². The number of halogens is 1. The highest BCUT2D eigenvalue weighted by atomic mass is 19.1. The van der Waals surface area contributed by atoms with E-state index in [4.69, 9.17) is 9.47 Å². The van der Waals surface area contributed by atoms with E-state index in [1.165, 1.54) is 13.2 Å². The Bertz CT molecular complexity index is 982. The van der Waals surface area contributed by atoms with Gasteiger partial charge in [0.1, 0.15) is 11.4 Å². The molecule has 0 spiro atoms. The average Bonchev–Trinajstić information content (AvgIpc) is 2.70. The van der Waals surface area contributed by atoms with Crippen molar-refractivity contribution in [2.24, 2.45) is 0 Å². The molecule has 186 valence electrons. The molecule has 0 aliphatic rings. The molecular formula is C26H36FN3O4. The van der Waals surface area contributed by atoms with Crippen LogP contribution < -0.4 is 10.6 Å². The molecule has 0 bridgehead atoms. The fraction of sp³-hybridized carbons (Fsp3) is 0.500. The fourth-order valence-electron chi connectivity index (χ4n) is 3.43. The highest BCUT2D eigenvalue weighted by Gasteiger charge is 2.29. The molecule has 34 heavy (non-hydrogen) atoms. The Labute approximate surface area is 201 Å². The van der Waals surface area contributed by atoms with E-state index in [0.717, 1.165) is 0 Å². The van der Waals surface area contributed by atoms with Gasteiger partial charge < -0.3 is 20.1 Å². The number of hydrogen-bond donors (Lipinski definition) is 2. The van der Waals surface area contributed by atoms with Crippen molar-refractivity contribution in [1.82, 2.24) is 15.6 Å². The molecule has 2 atom stereocenters. The smallest absolute Gasteiger partial charge is 0.407 e. The van der Waals surface area contributed by atoms with Crippen molar-refractivity contribution in [3.8, 4) is 0 Å². The van der Waals surface area contributed by atoms with Crippen LogP contribution in [-0.2, 0) is 22.3 Å². The molecule has 1 aromatic carbocycles. The Morgan fingerprint density at radius 1 is 1.03 bits per heavy atom. The summed E-state index contributed by atoms with van der Waals surface area (Å²) in [5.41, 5.74) is 0.240. The van der Waals surface area contributed by atoms with Crippen molar-refractivity contribution in [2.75, 3.05) is 7.11 Å². The third kappa shape index (κ3) is 8.74. The summed E-state index contributed by atoms with van der Waals surface area (Å²) >= 11 is 0. The van der Waals surface area contributed by atoms with Gasteiger partial charge in [-0.25, -0.2) is 9.18 Å². The average molecular weight is 474 g/mol. The Morgan fingerprint density at radius 3 is 2.29 bits per heavy atom. The van der Waals surface area contributed by atoms with E-state index >= 15 is 0 Å². The van der Waals surface area contributed by atoms with Crippen LogP contribution in [0.1, 0.15) is 63.2 Å². The minimum absolute atomic E-state index is 0.167. The van der Waals surface area contributed by atoms with Crippen LogP contribution in [0.3, 0.4) is 0 Å². The standard InChI is InChI=1S/C26H36FN3O4/c1-25(2,3)30-23(31)18-12-10-14-28-20(18)16-22(33-7)21(29-24(32)34-26(4,5)6)15-17-11-8-9-13-19(17)27/h8-14,21-22H,15-16H2,1-7H3,(H,29,32)(H,30,31)/t21-,22+/m1/s1. The maximum Gasteiger partial charge on any atom is 0.407 e. The second-order valence-corrected chi connectivity index (χ2v) is 10.2. The number of nitrogens with one attached hydrogen (secondary N) is 2. The van der Waals surface area contributed by atoms with Gasteiger partial charge in [0.2, 0.25) is 0 Å². The molecule has 1 aromatic heterocycles. The van der Waals surface area contributed by atoms with E-state index in [-0.39, 0.29) is 24.6 Å². The van der Waals surface area contributed by atoms with Crippen molar-refractivity contribution in [3.63, 3.8) is 0 Å². The third-order valence-electron chi connectivity index (χ3n) is 4.87. The number of methoxy groups -OCH3 is 1. The van der Waals surface area contributed by atoms with Crippen LogP contribution in [0.15, 0.2) is 42.6 Å². The molecule has 2 N–H and O–H groups in total. The number of alkyl carbamates (subject to hydrolysis) is 1. The van der Waals surface area contributed by atoms with Gasteiger partial charge >= 0.3 is 6.09 Å². The molecule has 0 saturated carbocycles. The molecule has 2 amide bonds. The van der Waals surface area contributed by atoms with E-state index in [1.54, 1.807) is 57.3 Å². The zero-order valence-electron chi connectivity index (χ0n) is 21.1. The lowest BCUT2D eigenvalue weighted by molar-refractivity contribution is 0.0329. The van der Waals surface area contributed by atoms with Gasteiger partial charge in [-0.05, 0) is 71.7 Å². The molecule has 2 rings (SSSR count). The molecule has 2 aromatic rings. The second kappa shape index (κ2) is 11.4. The fourth-order valence-corrected chi connectivity index (χ4v) is 3.43. The molecule has 7 nitrogen and oxygen atoms in total. The van der Waals surface area contributed by atoms with Crippen LogP contribution in [0.5, 0.6) is 0 Å². The lowest BCUT2D eigenvalue weighted by Gasteiger charge is -2.29. The summed E-state index contributed by atoms with van der Waals surface area (Å²) in [6, 6.07) is 9.12. The first kappa shape index (κ1) is 27.2. The maximum atomic E-state index is 14.4. The Morgan fingerprint density at radius 2 is 1.71 bits per heavy atom. The number of aromatic nitrogens is 1. The van der Waals surface area contributed by atoms with Gasteiger partial charge in [0.15, 0.2) is 0 Å². The largest absolute Gasteiger partial charge is 0.444 e. The number of hydrogen-bond acceptors (Lipinski definition) is 5. The van der Waals surface area contributed by atoms with Gasteiger partial charge in [-0.2, -0.15) is 0 Å². The summed E-state index contributed by atoms with van der Waals surface area (Å²) in [5, 5.41) is 5.77. The lowest BCUT2D eigenvalue weighted by Crippen LogP contribution is -2.48. The highest BCUT2D eigenvalue weighted by molar-refractivity contribution is 5.95. The van der Waals surface area contributed by atoms with Crippen LogP contribution in [0.2, 0.25) is 0 Å². The van der Waals surface area contributed by atoms with Crippen LogP contribution >= 0.6 is 0 Å². The Balaban J connectivity index is 2.34. The van der Waals surface area contributed by atoms with E-state index in [0.29, 0.717) is 16.8 Å². The van der Waals surface area contributed by atoms with E-state index < -0.39 is 29.4 Å². The number of pyridine rings is 1. The first-order valence-corrected chi connectivity index (χ1v) is 11.3. The van der Waals surface area contributed by atoms with Crippen molar-refractivity contribution in [1.29, 1.82) is 0 Å². The lowest BCUT2D eigenvalue weighted by atomic mass is 9.95. The summed E-state index contributed by atoms with van der Waals surface area (Å²) in [6.45, 7) is 11.0. The molecular weight excluding hydrogens is 437 g/mol. The minimum Gasteiger partial charge on any atom is -0.444 e. The van der Waals surface area contributed by atoms with Gasteiger partial charge in [-0.15, -0.1) is 0 Å². The normalized spacial score (nSPS) is 13.6. The molecule has 0 aliphatic heterocycles. The third-order valence-corrected chi connectivity index (χ3v) is 4.87. The SMILES string of the molecule is CO[C@@H](Cc1ncccc1C(=O)NC(C)(C)C)[C@@H](Cc1ccccc1F)NC(=O)OC(C)(C)C. The monoisotopic (exact) mass is 473 g/mol. The summed E-state index contributed by atoms with van der Waals surface area (Å²) in [6.07, 6.45) is 0.744. The number of carbonyl (C=O) groups is 2. The van der Waals surface area contributed by atoms with Crippen LogP contribution in [0.25, 0.3) is 0 Å². The summed E-state index contributed by atoms with van der Waals surface area (Å²) in [4.78, 5) is 29.9. The van der Waals surface area contributed by atoms with Gasteiger partial charge in [0.05, 0.1) is 23.4 Å². The topological polar surface area (TPSA) is 89.5 Å². The number of ether oxygens (including phenoxy) is 2. The van der Waals surface area contributed by atoms with Crippen molar-refractivity contribution in [2.45, 2.75) is 77.7 Å². The molecule has 8 heteroatoms. The van der Waals surface area contributed by atoms with Crippen LogP contribution in [0, 0.1) is 5.82 Å². The van der Waals surface area contributed by atoms with E-state index in [1.807, 2.05) is 20.8 Å². The van der Waals surface area contributed by atoms with E-state index in [2.05, 4.69) is 15.6 Å². The zero-order chi connectivity index (χ0) is 25.5. The van der Waals surface area contributed by atoms with Crippen LogP contribution in [0.4, 0.5) is 9.18 Å². The molecule has 0 saturated heterocycles. The quantitative estimate of drug-likeness (QED) is 0.592. The maximum absolute atomic E-state index is 14.4. The minimum atomic E-state index is -0.700. The summed E-state index contributed by atoms with van der Waals surface area (Å²) < 4.78 is 25.6. The number of rotatable bonds is 8. The first-order chi connectivity index (χ1) is 15.8. The molecule has 0 radical (unpaired) electrons. The van der Waals surface area contributed by atoms with Crippen molar-refractivity contribution < 1.29 is 23.5 Å². The van der Waals surface area contributed by atoms with Gasteiger partial charge in [0.25, 0.3) is 5.91 Å². The number of carbonyl (C=O) groups excluding carboxylic acids is 2. The highest BCUT2D eigenvalue weighted by Crippen LogP contribution is 2.18. The predicted molar refractivity (Wildman–Crippen MR) is 129 cm³/mol. The van der Waals surface area contributed by atoms with Gasteiger partial charge in [-0.3, -0.25) is 9.78 Å². The van der Waals surface area contributed by atoms with Gasteiger partial charge in [0, 0.05) is 25.3 Å². The van der Waals surface area contributed by atoms with Crippen molar-refractivity contribution in [3.05, 3.63) is 65.2 Å². The summed E-state index contributed by atoms with van der Waals surface area (Å²) in [7, 11) is 1.51. The number of nitrogens with zero attached hydrogens (tertiary/aromatic N) is 1. The predicted octanol–water partition coefficient (Wildman–Crippen LogP) is 4.44. The number of amides is 2. The number of benzene rings is 1. The van der Waals surface area contributed by atoms with Crippen LogP contribution in [-0.4, -0.2) is 47.4 Å². The Kier molecular flexibility index (Phi) is 9.15. The second-order valence-electron chi connectivity index (χ2n) is 10.2. The first-order valence-electron chi connectivity index (χ1n) is 11.3. The molecule has 1 heterocycles. The van der Waals surface area contributed by atoms with E-state index in [9.17, 15) is 14.0 Å². The summed E-state index contributed by atoms with van der Waals surface area (Å²) in [5.74, 6) is -0.632.